The van der Waals surface area contributed by atoms with Gasteiger partial charge in [0.05, 0.1) is 6.61 Å². The highest BCUT2D eigenvalue weighted by atomic mass is 19.4. The molecule has 0 aliphatic rings. The van der Waals surface area contributed by atoms with E-state index < -0.39 is 18.7 Å². The molecule has 0 fully saturated rings. The lowest BCUT2D eigenvalue weighted by Crippen LogP contribution is -2.30. The summed E-state index contributed by atoms with van der Waals surface area (Å²) in [7, 11) is 0. The lowest BCUT2D eigenvalue weighted by molar-refractivity contribution is -0.176. The van der Waals surface area contributed by atoms with Gasteiger partial charge in [0, 0.05) is 17.0 Å². The quantitative estimate of drug-likeness (QED) is 0.780. The van der Waals surface area contributed by atoms with Gasteiger partial charge >= 0.3 is 6.18 Å². The summed E-state index contributed by atoms with van der Waals surface area (Å²) in [4.78, 5) is 20.3. The van der Waals surface area contributed by atoms with E-state index in [1.807, 2.05) is 0 Å². The maximum atomic E-state index is 12.0. The van der Waals surface area contributed by atoms with Gasteiger partial charge in [0.2, 0.25) is 5.95 Å². The number of nitrogens with zero attached hydrogens (tertiary/aromatic N) is 2. The van der Waals surface area contributed by atoms with Gasteiger partial charge in [-0.2, -0.15) is 13.2 Å². The summed E-state index contributed by atoms with van der Waals surface area (Å²) in [5.74, 6) is -0.159. The second-order valence-corrected chi connectivity index (χ2v) is 5.36. The zero-order chi connectivity index (χ0) is 18.4. The van der Waals surface area contributed by atoms with Gasteiger partial charge < -0.3 is 4.74 Å². The fourth-order valence-corrected chi connectivity index (χ4v) is 2.00. The maximum absolute atomic E-state index is 12.0. The molecule has 0 bridgehead atoms. The zero-order valence-electron chi connectivity index (χ0n) is 13.6. The van der Waals surface area contributed by atoms with Crippen molar-refractivity contribution in [2.75, 3.05) is 12.0 Å². The minimum atomic E-state index is -4.36. The van der Waals surface area contributed by atoms with E-state index in [1.165, 1.54) is 24.3 Å². The monoisotopic (exact) mass is 354 g/mol. The largest absolute Gasteiger partial charge is 0.411 e. The molecule has 0 spiro atoms. The Balaban J connectivity index is 1.87. The lowest BCUT2D eigenvalue weighted by Gasteiger charge is -2.09. The van der Waals surface area contributed by atoms with E-state index in [-0.39, 0.29) is 12.6 Å². The number of carbonyl (C=O) groups is 1. The highest BCUT2D eigenvalue weighted by Crippen LogP contribution is 2.15. The number of alkyl halides is 3. The minimum absolute atomic E-state index is 0.184. The molecule has 0 radical (unpaired) electrons. The van der Waals surface area contributed by atoms with Gasteiger partial charge in [0.15, 0.2) is 0 Å². The summed E-state index contributed by atoms with van der Waals surface area (Å²) in [6.07, 6.45) is -4.36. The summed E-state index contributed by atoms with van der Waals surface area (Å²) in [5.41, 5.74) is 7.45. The molecule has 9 heteroatoms. The number of hydrogen-bond acceptors (Lipinski definition) is 5. The van der Waals surface area contributed by atoms with Gasteiger partial charge in [-0.15, -0.1) is 0 Å². The molecule has 2 aromatic rings. The Bertz CT molecular complexity index is 713. The molecule has 134 valence electrons. The molecule has 1 aromatic carbocycles. The summed E-state index contributed by atoms with van der Waals surface area (Å²) in [5, 5.41) is 0. The number of benzene rings is 1. The molecule has 0 aliphatic carbocycles. The first-order valence-electron chi connectivity index (χ1n) is 7.35. The summed E-state index contributed by atoms with van der Waals surface area (Å²) in [6.45, 7) is 2.12. The SMILES string of the molecule is Cc1cc(C)nc(NNC(=O)c2ccc(COCC(F)(F)F)cc2)n1. The fourth-order valence-electron chi connectivity index (χ4n) is 2.00. The number of halogens is 3. The molecule has 2 N–H and O–H groups in total. The van der Waals surface area contributed by atoms with Crippen LogP contribution in [0.15, 0.2) is 30.3 Å². The van der Waals surface area contributed by atoms with Crippen LogP contribution >= 0.6 is 0 Å². The third-order valence-electron chi connectivity index (χ3n) is 3.02. The van der Waals surface area contributed by atoms with E-state index in [4.69, 9.17) is 0 Å². The molecule has 6 nitrogen and oxygen atoms in total. The van der Waals surface area contributed by atoms with Crippen molar-refractivity contribution in [2.24, 2.45) is 0 Å². The zero-order valence-corrected chi connectivity index (χ0v) is 13.6. The molecule has 0 unspecified atom stereocenters. The molecular formula is C16H17F3N4O2. The molecular weight excluding hydrogens is 337 g/mol. The number of hydrazine groups is 1. The van der Waals surface area contributed by atoms with Crippen LogP contribution in [0, 0.1) is 13.8 Å². The van der Waals surface area contributed by atoms with Crippen LogP contribution in [0.3, 0.4) is 0 Å². The first kappa shape index (κ1) is 18.7. The van der Waals surface area contributed by atoms with Crippen LogP contribution in [0.1, 0.15) is 27.3 Å². The Morgan fingerprint density at radius 3 is 2.28 bits per heavy atom. The van der Waals surface area contributed by atoms with Crippen LogP contribution in [0.25, 0.3) is 0 Å². The van der Waals surface area contributed by atoms with Gasteiger partial charge in [0.1, 0.15) is 6.61 Å². The number of hydrogen-bond donors (Lipinski definition) is 2. The summed E-state index contributed by atoms with van der Waals surface area (Å²) >= 11 is 0. The van der Waals surface area contributed by atoms with Crippen molar-refractivity contribution in [1.82, 2.24) is 15.4 Å². The molecule has 1 amide bonds. The number of nitrogens with one attached hydrogen (secondary N) is 2. The Morgan fingerprint density at radius 1 is 1.12 bits per heavy atom. The molecule has 2 rings (SSSR count). The normalized spacial score (nSPS) is 11.2. The van der Waals surface area contributed by atoms with E-state index in [0.717, 1.165) is 11.4 Å². The fraction of sp³-hybridized carbons (Fsp3) is 0.312. The van der Waals surface area contributed by atoms with E-state index >= 15 is 0 Å². The van der Waals surface area contributed by atoms with Crippen molar-refractivity contribution in [3.8, 4) is 0 Å². The highest BCUT2D eigenvalue weighted by Gasteiger charge is 2.27. The molecule has 0 aliphatic heterocycles. The lowest BCUT2D eigenvalue weighted by atomic mass is 10.1. The molecule has 25 heavy (non-hydrogen) atoms. The predicted octanol–water partition coefficient (Wildman–Crippen LogP) is 2.93. The smallest absolute Gasteiger partial charge is 0.367 e. The molecule has 0 saturated carbocycles. The van der Waals surface area contributed by atoms with Crippen molar-refractivity contribution < 1.29 is 22.7 Å². The van der Waals surface area contributed by atoms with Gasteiger partial charge in [-0.05, 0) is 37.6 Å². The van der Waals surface area contributed by atoms with Crippen molar-refractivity contribution in [3.63, 3.8) is 0 Å². The van der Waals surface area contributed by atoms with Crippen LogP contribution in [-0.2, 0) is 11.3 Å². The van der Waals surface area contributed by atoms with E-state index in [0.29, 0.717) is 11.1 Å². The van der Waals surface area contributed by atoms with Crippen LogP contribution in [-0.4, -0.2) is 28.7 Å². The number of aryl methyl sites for hydroxylation is 2. The molecule has 1 heterocycles. The standard InChI is InChI=1S/C16H17F3N4O2/c1-10-7-11(2)21-15(20-10)23-22-14(24)13-5-3-12(4-6-13)8-25-9-16(17,18)19/h3-7H,8-9H2,1-2H3,(H,22,24)(H,20,21,23). The van der Waals surface area contributed by atoms with Crippen LogP contribution in [0.4, 0.5) is 19.1 Å². The first-order valence-corrected chi connectivity index (χ1v) is 7.35. The van der Waals surface area contributed by atoms with Crippen LogP contribution in [0.2, 0.25) is 0 Å². The van der Waals surface area contributed by atoms with Crippen molar-refractivity contribution in [2.45, 2.75) is 26.6 Å². The average molecular weight is 354 g/mol. The minimum Gasteiger partial charge on any atom is -0.367 e. The van der Waals surface area contributed by atoms with E-state index in [9.17, 15) is 18.0 Å². The van der Waals surface area contributed by atoms with Crippen LogP contribution < -0.4 is 10.9 Å². The summed E-state index contributed by atoms with van der Waals surface area (Å²) < 4.78 is 40.6. The Morgan fingerprint density at radius 2 is 1.72 bits per heavy atom. The second-order valence-electron chi connectivity index (χ2n) is 5.36. The van der Waals surface area contributed by atoms with Gasteiger partial charge in [0.25, 0.3) is 5.91 Å². The Labute approximate surface area is 142 Å². The number of aromatic nitrogens is 2. The second kappa shape index (κ2) is 7.93. The van der Waals surface area contributed by atoms with Gasteiger partial charge in [-0.25, -0.2) is 9.97 Å². The molecule has 0 atom stereocenters. The number of amides is 1. The first-order chi connectivity index (χ1) is 11.7. The predicted molar refractivity (Wildman–Crippen MR) is 84.7 cm³/mol. The van der Waals surface area contributed by atoms with Crippen molar-refractivity contribution in [1.29, 1.82) is 0 Å². The van der Waals surface area contributed by atoms with Crippen molar-refractivity contribution in [3.05, 3.63) is 52.8 Å². The third kappa shape index (κ3) is 6.38. The Hall–Kier alpha value is -2.68. The summed E-state index contributed by atoms with van der Waals surface area (Å²) in [6, 6.07) is 7.83. The van der Waals surface area contributed by atoms with Gasteiger partial charge in [-0.3, -0.25) is 15.6 Å². The molecule has 1 aromatic heterocycles. The number of carbonyl (C=O) groups excluding carboxylic acids is 1. The van der Waals surface area contributed by atoms with E-state index in [1.54, 1.807) is 19.9 Å². The highest BCUT2D eigenvalue weighted by molar-refractivity contribution is 5.94. The third-order valence-corrected chi connectivity index (χ3v) is 3.02. The average Bonchev–Trinajstić information content (AvgIpc) is 2.51. The maximum Gasteiger partial charge on any atom is 0.411 e. The van der Waals surface area contributed by atoms with Crippen molar-refractivity contribution >= 4 is 11.9 Å². The van der Waals surface area contributed by atoms with E-state index in [2.05, 4.69) is 25.6 Å². The number of ether oxygens (including phenoxy) is 1. The number of anilines is 1. The van der Waals surface area contributed by atoms with Gasteiger partial charge in [-0.1, -0.05) is 12.1 Å². The van der Waals surface area contributed by atoms with Crippen LogP contribution in [0.5, 0.6) is 0 Å². The topological polar surface area (TPSA) is 76.1 Å². The molecule has 0 saturated heterocycles. The Kier molecular flexibility index (Phi) is 5.92. The number of rotatable bonds is 6.